The summed E-state index contributed by atoms with van der Waals surface area (Å²) in [5.41, 5.74) is 8.19. The van der Waals surface area contributed by atoms with Crippen molar-refractivity contribution in [1.82, 2.24) is 0 Å². The second-order valence-corrected chi connectivity index (χ2v) is 5.41. The van der Waals surface area contributed by atoms with Gasteiger partial charge in [-0.05, 0) is 18.2 Å². The first-order valence-electron chi connectivity index (χ1n) is 6.86. The maximum atomic E-state index is 6.10. The molecule has 0 saturated heterocycles. The van der Waals surface area contributed by atoms with Crippen LogP contribution in [-0.4, -0.2) is 28.3 Å². The number of azo groups is 1. The fourth-order valence-electron chi connectivity index (χ4n) is 2.01. The van der Waals surface area contributed by atoms with Crippen LogP contribution in [0.5, 0.6) is 11.5 Å². The molecule has 0 aliphatic heterocycles. The summed E-state index contributed by atoms with van der Waals surface area (Å²) in [6.07, 6.45) is 0. The first kappa shape index (κ1) is 16.9. The topological polar surface area (TPSA) is 72.4 Å². The van der Waals surface area contributed by atoms with Crippen LogP contribution < -0.4 is 20.1 Å². The van der Waals surface area contributed by atoms with E-state index in [4.69, 9.17) is 26.8 Å². The van der Waals surface area contributed by atoms with E-state index in [1.54, 1.807) is 38.5 Å². The number of halogens is 1. The molecule has 0 spiro atoms. The van der Waals surface area contributed by atoms with Gasteiger partial charge < -0.3 is 20.1 Å². The third kappa shape index (κ3) is 3.84. The summed E-state index contributed by atoms with van der Waals surface area (Å²) in [6, 6.07) is 8.66. The molecule has 0 unspecified atom stereocenters. The summed E-state index contributed by atoms with van der Waals surface area (Å²) in [7, 11) is 7.03. The van der Waals surface area contributed by atoms with Crippen LogP contribution in [0.25, 0.3) is 0 Å². The van der Waals surface area contributed by atoms with Crippen molar-refractivity contribution in [2.24, 2.45) is 10.2 Å². The Hall–Kier alpha value is -2.47. The van der Waals surface area contributed by atoms with Crippen molar-refractivity contribution in [3.8, 4) is 11.5 Å². The first-order chi connectivity index (χ1) is 11.0. The number of benzene rings is 2. The zero-order valence-electron chi connectivity index (χ0n) is 13.5. The molecule has 23 heavy (non-hydrogen) atoms. The lowest BCUT2D eigenvalue weighted by molar-refractivity contribution is 0.404. The molecule has 0 fully saturated rings. The van der Waals surface area contributed by atoms with Crippen LogP contribution in [0.1, 0.15) is 0 Å². The van der Waals surface area contributed by atoms with Crippen molar-refractivity contribution in [2.75, 3.05) is 38.9 Å². The predicted molar refractivity (Wildman–Crippen MR) is 93.9 cm³/mol. The SMILES string of the molecule is COc1cc(N(C)C)c(OC)cc1N=Nc1ccc(N)cc1Cl. The van der Waals surface area contributed by atoms with Gasteiger partial charge in [-0.1, -0.05) is 11.6 Å². The van der Waals surface area contributed by atoms with Gasteiger partial charge in [0.25, 0.3) is 0 Å². The molecule has 0 saturated carbocycles. The molecule has 122 valence electrons. The number of methoxy groups -OCH3 is 2. The number of anilines is 2. The van der Waals surface area contributed by atoms with E-state index in [0.717, 1.165) is 5.69 Å². The highest BCUT2D eigenvalue weighted by atomic mass is 35.5. The maximum Gasteiger partial charge on any atom is 0.148 e. The Balaban J connectivity index is 2.44. The number of nitrogens with zero attached hydrogens (tertiary/aromatic N) is 3. The van der Waals surface area contributed by atoms with E-state index in [0.29, 0.717) is 33.6 Å². The van der Waals surface area contributed by atoms with Gasteiger partial charge in [0.15, 0.2) is 0 Å². The summed E-state index contributed by atoms with van der Waals surface area (Å²) in [4.78, 5) is 1.93. The first-order valence-corrected chi connectivity index (χ1v) is 7.24. The van der Waals surface area contributed by atoms with Gasteiger partial charge in [-0.25, -0.2) is 0 Å². The summed E-state index contributed by atoms with van der Waals surface area (Å²) < 4.78 is 10.8. The zero-order chi connectivity index (χ0) is 17.0. The maximum absolute atomic E-state index is 6.10. The van der Waals surface area contributed by atoms with Gasteiger partial charge in [0, 0.05) is 31.9 Å². The van der Waals surface area contributed by atoms with Gasteiger partial charge in [-0.3, -0.25) is 0 Å². The quantitative estimate of drug-likeness (QED) is 0.649. The highest BCUT2D eigenvalue weighted by Gasteiger charge is 2.12. The number of hydrogen-bond donors (Lipinski definition) is 1. The van der Waals surface area contributed by atoms with Gasteiger partial charge in [0.1, 0.15) is 22.9 Å². The van der Waals surface area contributed by atoms with Gasteiger partial charge in [0.2, 0.25) is 0 Å². The zero-order valence-corrected chi connectivity index (χ0v) is 14.3. The Morgan fingerprint density at radius 1 is 0.957 bits per heavy atom. The number of nitrogen functional groups attached to an aromatic ring is 1. The summed E-state index contributed by atoms with van der Waals surface area (Å²) >= 11 is 6.10. The number of nitrogens with two attached hydrogens (primary N) is 1. The van der Waals surface area contributed by atoms with Crippen LogP contribution in [-0.2, 0) is 0 Å². The van der Waals surface area contributed by atoms with E-state index in [1.807, 2.05) is 25.1 Å². The molecular weight excluding hydrogens is 316 g/mol. The second kappa shape index (κ2) is 7.19. The van der Waals surface area contributed by atoms with E-state index in [1.165, 1.54) is 0 Å². The predicted octanol–water partition coefficient (Wildman–Crippen LogP) is 4.42. The monoisotopic (exact) mass is 334 g/mol. The fraction of sp³-hybridized carbons (Fsp3) is 0.250. The van der Waals surface area contributed by atoms with Crippen LogP contribution in [0.3, 0.4) is 0 Å². The van der Waals surface area contributed by atoms with Gasteiger partial charge in [-0.2, -0.15) is 0 Å². The smallest absolute Gasteiger partial charge is 0.148 e. The van der Waals surface area contributed by atoms with Crippen molar-refractivity contribution < 1.29 is 9.47 Å². The molecule has 0 aliphatic rings. The van der Waals surface area contributed by atoms with Crippen molar-refractivity contribution in [3.05, 3.63) is 35.4 Å². The Morgan fingerprint density at radius 2 is 1.61 bits per heavy atom. The largest absolute Gasteiger partial charge is 0.494 e. The summed E-state index contributed by atoms with van der Waals surface area (Å²) in [5.74, 6) is 1.26. The molecule has 2 aromatic carbocycles. The Bertz CT molecular complexity index is 732. The number of rotatable bonds is 5. The van der Waals surface area contributed by atoms with Crippen LogP contribution in [0, 0.1) is 0 Å². The summed E-state index contributed by atoms with van der Waals surface area (Å²) in [6.45, 7) is 0. The third-order valence-electron chi connectivity index (χ3n) is 3.20. The normalized spacial score (nSPS) is 10.8. The van der Waals surface area contributed by atoms with Gasteiger partial charge in [0.05, 0.1) is 24.9 Å². The fourth-order valence-corrected chi connectivity index (χ4v) is 2.23. The number of ether oxygens (including phenoxy) is 2. The molecule has 0 radical (unpaired) electrons. The lowest BCUT2D eigenvalue weighted by Crippen LogP contribution is -2.10. The van der Waals surface area contributed by atoms with Gasteiger partial charge >= 0.3 is 0 Å². The Kier molecular flexibility index (Phi) is 5.28. The molecule has 0 heterocycles. The molecular formula is C16H19ClN4O2. The van der Waals surface area contributed by atoms with E-state index in [2.05, 4.69) is 10.2 Å². The van der Waals surface area contributed by atoms with E-state index in [9.17, 15) is 0 Å². The average molecular weight is 335 g/mol. The van der Waals surface area contributed by atoms with Crippen LogP contribution in [0.4, 0.5) is 22.7 Å². The molecule has 0 bridgehead atoms. The number of hydrogen-bond acceptors (Lipinski definition) is 6. The van der Waals surface area contributed by atoms with Crippen molar-refractivity contribution in [2.45, 2.75) is 0 Å². The average Bonchev–Trinajstić information content (AvgIpc) is 2.53. The van der Waals surface area contributed by atoms with Crippen LogP contribution in [0.2, 0.25) is 5.02 Å². The standard InChI is InChI=1S/C16H19ClN4O2/c1-21(2)14-9-15(22-3)13(8-16(14)23-4)20-19-12-6-5-10(18)7-11(12)17/h5-9H,18H2,1-4H3. The second-order valence-electron chi connectivity index (χ2n) is 5.00. The van der Waals surface area contributed by atoms with Crippen molar-refractivity contribution in [3.63, 3.8) is 0 Å². The molecule has 7 heteroatoms. The lowest BCUT2D eigenvalue weighted by atomic mass is 10.2. The molecule has 2 aromatic rings. The molecule has 0 aromatic heterocycles. The van der Waals surface area contributed by atoms with E-state index < -0.39 is 0 Å². The molecule has 0 atom stereocenters. The third-order valence-corrected chi connectivity index (χ3v) is 3.50. The van der Waals surface area contributed by atoms with Gasteiger partial charge in [-0.15, -0.1) is 10.2 Å². The van der Waals surface area contributed by atoms with E-state index in [-0.39, 0.29) is 0 Å². The Labute approximate surface area is 140 Å². The molecule has 0 aliphatic carbocycles. The van der Waals surface area contributed by atoms with E-state index >= 15 is 0 Å². The highest BCUT2D eigenvalue weighted by molar-refractivity contribution is 6.33. The minimum absolute atomic E-state index is 0.435. The Morgan fingerprint density at radius 3 is 2.17 bits per heavy atom. The highest BCUT2D eigenvalue weighted by Crippen LogP contribution is 2.40. The molecule has 6 nitrogen and oxygen atoms in total. The summed E-state index contributed by atoms with van der Waals surface area (Å²) in [5, 5.41) is 8.82. The van der Waals surface area contributed by atoms with Crippen molar-refractivity contribution in [1.29, 1.82) is 0 Å². The van der Waals surface area contributed by atoms with Crippen molar-refractivity contribution >= 4 is 34.4 Å². The minimum Gasteiger partial charge on any atom is -0.494 e. The lowest BCUT2D eigenvalue weighted by Gasteiger charge is -2.18. The van der Waals surface area contributed by atoms with Crippen LogP contribution >= 0.6 is 11.6 Å². The minimum atomic E-state index is 0.435. The molecule has 2 rings (SSSR count). The molecule has 0 amide bonds. The molecule has 2 N–H and O–H groups in total. The van der Waals surface area contributed by atoms with Crippen LogP contribution in [0.15, 0.2) is 40.6 Å².